The fourth-order valence-electron chi connectivity index (χ4n) is 1.94. The molecule has 2 N–H and O–H groups in total. The SMILES string of the molecule is Cc1cnn(Cc2cc(C(=O)N[C@@H](C(=O)O)C(C)C)no2)c1. The first kappa shape index (κ1) is 15.7. The molecule has 0 bridgehead atoms. The van der Waals surface area contributed by atoms with Crippen molar-refractivity contribution in [3.63, 3.8) is 0 Å². The van der Waals surface area contributed by atoms with Gasteiger partial charge in [-0.25, -0.2) is 4.79 Å². The Labute approximate surface area is 127 Å². The lowest BCUT2D eigenvalue weighted by atomic mass is 10.0. The summed E-state index contributed by atoms with van der Waals surface area (Å²) in [6.45, 7) is 5.70. The fourth-order valence-corrected chi connectivity index (χ4v) is 1.94. The maximum absolute atomic E-state index is 12.0. The predicted molar refractivity (Wildman–Crippen MR) is 76.3 cm³/mol. The van der Waals surface area contributed by atoms with Crippen molar-refractivity contribution in [2.24, 2.45) is 5.92 Å². The summed E-state index contributed by atoms with van der Waals surface area (Å²) in [4.78, 5) is 23.1. The number of amides is 1. The lowest BCUT2D eigenvalue weighted by Crippen LogP contribution is -2.44. The second-order valence-electron chi connectivity index (χ2n) is 5.43. The number of nitrogens with one attached hydrogen (secondary N) is 1. The zero-order valence-electron chi connectivity index (χ0n) is 12.6. The predicted octanol–water partition coefficient (Wildman–Crippen LogP) is 1.07. The average molecular weight is 306 g/mol. The van der Waals surface area contributed by atoms with Crippen LogP contribution in [0.25, 0.3) is 0 Å². The molecule has 0 saturated carbocycles. The van der Waals surface area contributed by atoms with E-state index in [4.69, 9.17) is 9.63 Å². The fraction of sp³-hybridized carbons (Fsp3) is 0.429. The first-order valence-electron chi connectivity index (χ1n) is 6.85. The molecule has 8 nitrogen and oxygen atoms in total. The number of hydrogen-bond acceptors (Lipinski definition) is 5. The lowest BCUT2D eigenvalue weighted by molar-refractivity contribution is -0.140. The summed E-state index contributed by atoms with van der Waals surface area (Å²) in [5.41, 5.74) is 1.06. The summed E-state index contributed by atoms with van der Waals surface area (Å²) in [5, 5.41) is 19.3. The molecule has 0 unspecified atom stereocenters. The minimum absolute atomic E-state index is 0.0470. The highest BCUT2D eigenvalue weighted by Gasteiger charge is 2.25. The molecule has 1 amide bonds. The number of carbonyl (C=O) groups excluding carboxylic acids is 1. The van der Waals surface area contributed by atoms with Gasteiger partial charge in [0.1, 0.15) is 12.6 Å². The van der Waals surface area contributed by atoms with Crippen LogP contribution in [0.3, 0.4) is 0 Å². The van der Waals surface area contributed by atoms with E-state index >= 15 is 0 Å². The summed E-state index contributed by atoms with van der Waals surface area (Å²) in [7, 11) is 0. The minimum Gasteiger partial charge on any atom is -0.480 e. The summed E-state index contributed by atoms with van der Waals surface area (Å²) in [6, 6.07) is 0.507. The van der Waals surface area contributed by atoms with Crippen LogP contribution in [0.4, 0.5) is 0 Å². The first-order chi connectivity index (χ1) is 10.4. The van der Waals surface area contributed by atoms with Crippen LogP contribution in [0.15, 0.2) is 23.0 Å². The van der Waals surface area contributed by atoms with Crippen molar-refractivity contribution in [2.75, 3.05) is 0 Å². The van der Waals surface area contributed by atoms with Gasteiger partial charge in [-0.15, -0.1) is 0 Å². The van der Waals surface area contributed by atoms with Crippen LogP contribution in [0, 0.1) is 12.8 Å². The molecule has 0 saturated heterocycles. The van der Waals surface area contributed by atoms with E-state index in [0.29, 0.717) is 12.3 Å². The number of carbonyl (C=O) groups is 2. The molecule has 0 aliphatic heterocycles. The topological polar surface area (TPSA) is 110 Å². The molecule has 2 aromatic heterocycles. The number of aliphatic carboxylic acids is 1. The second-order valence-corrected chi connectivity index (χ2v) is 5.43. The van der Waals surface area contributed by atoms with Gasteiger partial charge in [0.2, 0.25) is 0 Å². The molecule has 8 heteroatoms. The van der Waals surface area contributed by atoms with E-state index in [1.807, 2.05) is 13.1 Å². The Morgan fingerprint density at radius 1 is 1.45 bits per heavy atom. The average Bonchev–Trinajstić information content (AvgIpc) is 3.05. The van der Waals surface area contributed by atoms with Gasteiger partial charge in [-0.1, -0.05) is 19.0 Å². The van der Waals surface area contributed by atoms with Crippen molar-refractivity contribution in [1.82, 2.24) is 20.3 Å². The van der Waals surface area contributed by atoms with Gasteiger partial charge in [0.05, 0.1) is 6.20 Å². The normalized spacial score (nSPS) is 12.4. The Balaban J connectivity index is 2.04. The largest absolute Gasteiger partial charge is 0.480 e. The third kappa shape index (κ3) is 3.72. The summed E-state index contributed by atoms with van der Waals surface area (Å²) < 4.78 is 6.74. The second kappa shape index (κ2) is 6.42. The highest BCUT2D eigenvalue weighted by molar-refractivity contribution is 5.94. The van der Waals surface area contributed by atoms with E-state index in [1.54, 1.807) is 24.7 Å². The van der Waals surface area contributed by atoms with Crippen LogP contribution in [0.1, 0.15) is 35.7 Å². The molecular formula is C14H18N4O4. The molecule has 0 radical (unpaired) electrons. The van der Waals surface area contributed by atoms with Gasteiger partial charge in [-0.05, 0) is 18.4 Å². The Kier molecular flexibility index (Phi) is 4.59. The minimum atomic E-state index is -1.08. The van der Waals surface area contributed by atoms with Crippen molar-refractivity contribution in [1.29, 1.82) is 0 Å². The van der Waals surface area contributed by atoms with Crippen LogP contribution in [0.5, 0.6) is 0 Å². The molecule has 1 atom stereocenters. The monoisotopic (exact) mass is 306 g/mol. The molecule has 0 aliphatic rings. The number of carboxylic acids is 1. The maximum atomic E-state index is 12.0. The van der Waals surface area contributed by atoms with Gasteiger partial charge in [0, 0.05) is 12.3 Å². The van der Waals surface area contributed by atoms with Gasteiger partial charge >= 0.3 is 5.97 Å². The van der Waals surface area contributed by atoms with Gasteiger partial charge in [0.15, 0.2) is 11.5 Å². The zero-order valence-corrected chi connectivity index (χ0v) is 12.6. The number of nitrogens with zero attached hydrogens (tertiary/aromatic N) is 3. The van der Waals surface area contributed by atoms with Crippen molar-refractivity contribution < 1.29 is 19.2 Å². The molecule has 2 aromatic rings. The maximum Gasteiger partial charge on any atom is 0.326 e. The number of hydrogen-bond donors (Lipinski definition) is 2. The van der Waals surface area contributed by atoms with E-state index in [2.05, 4.69) is 15.6 Å². The van der Waals surface area contributed by atoms with E-state index in [0.717, 1.165) is 5.56 Å². The van der Waals surface area contributed by atoms with E-state index in [1.165, 1.54) is 6.07 Å². The van der Waals surface area contributed by atoms with E-state index < -0.39 is 17.9 Å². The Bertz CT molecular complexity index is 674. The summed E-state index contributed by atoms with van der Waals surface area (Å²) in [6.07, 6.45) is 3.55. The third-order valence-corrected chi connectivity index (χ3v) is 3.09. The van der Waals surface area contributed by atoms with Crippen molar-refractivity contribution in [3.05, 3.63) is 35.5 Å². The van der Waals surface area contributed by atoms with Gasteiger partial charge in [0.25, 0.3) is 5.91 Å². The Morgan fingerprint density at radius 2 is 2.18 bits per heavy atom. The van der Waals surface area contributed by atoms with Gasteiger partial charge in [-0.3, -0.25) is 9.48 Å². The van der Waals surface area contributed by atoms with Crippen molar-refractivity contribution >= 4 is 11.9 Å². The molecule has 22 heavy (non-hydrogen) atoms. The smallest absolute Gasteiger partial charge is 0.326 e. The van der Waals surface area contributed by atoms with E-state index in [-0.39, 0.29) is 11.6 Å². The van der Waals surface area contributed by atoms with E-state index in [9.17, 15) is 9.59 Å². The third-order valence-electron chi connectivity index (χ3n) is 3.09. The van der Waals surface area contributed by atoms with Crippen LogP contribution < -0.4 is 5.32 Å². The Morgan fingerprint density at radius 3 is 2.73 bits per heavy atom. The molecule has 0 spiro atoms. The molecule has 0 aromatic carbocycles. The zero-order chi connectivity index (χ0) is 16.3. The summed E-state index contributed by atoms with van der Waals surface area (Å²) >= 11 is 0. The molecular weight excluding hydrogens is 288 g/mol. The molecule has 2 heterocycles. The van der Waals surface area contributed by atoms with Crippen LogP contribution >= 0.6 is 0 Å². The van der Waals surface area contributed by atoms with Crippen molar-refractivity contribution in [2.45, 2.75) is 33.4 Å². The lowest BCUT2D eigenvalue weighted by Gasteiger charge is -2.16. The van der Waals surface area contributed by atoms with Crippen LogP contribution in [-0.4, -0.2) is 38.0 Å². The molecule has 2 rings (SSSR count). The molecule has 0 aliphatic carbocycles. The number of carboxylic acid groups (broad SMARTS) is 1. The Hall–Kier alpha value is -2.64. The number of aromatic nitrogens is 3. The quantitative estimate of drug-likeness (QED) is 0.826. The first-order valence-corrected chi connectivity index (χ1v) is 6.85. The van der Waals surface area contributed by atoms with Crippen molar-refractivity contribution in [3.8, 4) is 0 Å². The number of aryl methyl sites for hydroxylation is 1. The van der Waals surface area contributed by atoms with Crippen LogP contribution in [0.2, 0.25) is 0 Å². The van der Waals surface area contributed by atoms with Gasteiger partial charge in [-0.2, -0.15) is 5.10 Å². The molecule has 0 fully saturated rings. The van der Waals surface area contributed by atoms with Gasteiger partial charge < -0.3 is 14.9 Å². The summed E-state index contributed by atoms with van der Waals surface area (Å²) in [5.74, 6) is -1.43. The van der Waals surface area contributed by atoms with Crippen LogP contribution in [-0.2, 0) is 11.3 Å². The highest BCUT2D eigenvalue weighted by atomic mass is 16.5. The number of rotatable bonds is 6. The molecule has 118 valence electrons. The highest BCUT2D eigenvalue weighted by Crippen LogP contribution is 2.08. The standard InChI is InChI=1S/C14H18N4O4/c1-8(2)12(14(20)21)16-13(19)11-4-10(22-17-11)7-18-6-9(3)5-15-18/h4-6,8,12H,7H2,1-3H3,(H,16,19)(H,20,21)/t12-/m1/s1.